The molecule has 9 heteroatoms. The fourth-order valence-corrected chi connectivity index (χ4v) is 5.03. The Morgan fingerprint density at radius 2 is 2.00 bits per heavy atom. The zero-order valence-corrected chi connectivity index (χ0v) is 17.0. The molecule has 3 heterocycles. The van der Waals surface area contributed by atoms with Crippen LogP contribution in [0.2, 0.25) is 5.15 Å². The van der Waals surface area contributed by atoms with E-state index >= 15 is 0 Å². The largest absolute Gasteiger partial charge is 0.351 e. The number of anilines is 1. The van der Waals surface area contributed by atoms with E-state index in [1.54, 1.807) is 22.7 Å². The van der Waals surface area contributed by atoms with Gasteiger partial charge in [-0.05, 0) is 36.3 Å². The summed E-state index contributed by atoms with van der Waals surface area (Å²) in [6.45, 7) is 0.452. The molecule has 1 N–H and O–H groups in total. The molecule has 0 saturated heterocycles. The molecule has 0 fully saturated rings. The van der Waals surface area contributed by atoms with E-state index in [4.69, 9.17) is 11.6 Å². The second-order valence-electron chi connectivity index (χ2n) is 6.61. The van der Waals surface area contributed by atoms with Gasteiger partial charge in [-0.15, -0.1) is 0 Å². The summed E-state index contributed by atoms with van der Waals surface area (Å²) in [5.41, 5.74) is 3.00. The normalized spacial score (nSPS) is 13.9. The van der Waals surface area contributed by atoms with Gasteiger partial charge in [-0.1, -0.05) is 35.9 Å². The van der Waals surface area contributed by atoms with Gasteiger partial charge in [0.25, 0.3) is 0 Å². The second kappa shape index (κ2) is 7.88. The van der Waals surface area contributed by atoms with Gasteiger partial charge in [0.2, 0.25) is 15.9 Å². The maximum absolute atomic E-state index is 12.6. The van der Waals surface area contributed by atoms with Gasteiger partial charge in [0.05, 0.1) is 17.1 Å². The van der Waals surface area contributed by atoms with Crippen LogP contribution in [-0.2, 0) is 21.2 Å². The van der Waals surface area contributed by atoms with Crippen LogP contribution in [-0.4, -0.2) is 42.6 Å². The summed E-state index contributed by atoms with van der Waals surface area (Å²) in [6.07, 6.45) is 5.37. The van der Waals surface area contributed by atoms with Crippen LogP contribution >= 0.6 is 11.6 Å². The summed E-state index contributed by atoms with van der Waals surface area (Å²) in [5, 5.41) is 2.90. The van der Waals surface area contributed by atoms with E-state index < -0.39 is 15.9 Å². The third-order valence-electron chi connectivity index (χ3n) is 4.75. The molecular formula is C20H19ClN4O3S. The van der Waals surface area contributed by atoms with Gasteiger partial charge in [0.15, 0.2) is 5.15 Å². The van der Waals surface area contributed by atoms with Crippen LogP contribution in [0.1, 0.15) is 11.3 Å². The van der Waals surface area contributed by atoms with Gasteiger partial charge in [-0.2, -0.15) is 0 Å². The van der Waals surface area contributed by atoms with Crippen molar-refractivity contribution in [1.82, 2.24) is 14.7 Å². The number of rotatable bonds is 6. The minimum atomic E-state index is -3.50. The number of hydrogen-bond acceptors (Lipinski definition) is 4. The van der Waals surface area contributed by atoms with Gasteiger partial charge >= 0.3 is 0 Å². The number of sulfonamides is 1. The summed E-state index contributed by atoms with van der Waals surface area (Å²) in [6, 6.07) is 13.0. The minimum Gasteiger partial charge on any atom is -0.351 e. The topological polar surface area (TPSA) is 83.8 Å². The SMILES string of the molecule is O=C(/C=C/c1c(Cl)nc2ccccn12)NCCS(=O)(=O)N1CCc2ccccc21. The fourth-order valence-electron chi connectivity index (χ4n) is 3.36. The number of pyridine rings is 1. The third kappa shape index (κ3) is 3.99. The molecule has 0 saturated carbocycles. The molecular weight excluding hydrogens is 412 g/mol. The van der Waals surface area contributed by atoms with Gasteiger partial charge in [-0.3, -0.25) is 13.5 Å². The third-order valence-corrected chi connectivity index (χ3v) is 6.80. The number of carbonyl (C=O) groups excluding carboxylic acids is 1. The zero-order valence-electron chi connectivity index (χ0n) is 15.5. The van der Waals surface area contributed by atoms with Crippen molar-refractivity contribution in [3.05, 3.63) is 71.1 Å². The highest BCUT2D eigenvalue weighted by Gasteiger charge is 2.28. The first-order chi connectivity index (χ1) is 14.0. The van der Waals surface area contributed by atoms with Gasteiger partial charge in [0, 0.05) is 25.4 Å². The minimum absolute atomic E-state index is 0.0189. The van der Waals surface area contributed by atoms with Gasteiger partial charge in [-0.25, -0.2) is 13.4 Å². The maximum Gasteiger partial charge on any atom is 0.244 e. The molecule has 1 aliphatic rings. The number of para-hydroxylation sites is 1. The average Bonchev–Trinajstić information content (AvgIpc) is 3.27. The quantitative estimate of drug-likeness (QED) is 0.609. The number of fused-ring (bicyclic) bond motifs is 2. The second-order valence-corrected chi connectivity index (χ2v) is 8.98. The Hall–Kier alpha value is -2.84. The summed E-state index contributed by atoms with van der Waals surface area (Å²) >= 11 is 6.13. The number of nitrogens with one attached hydrogen (secondary N) is 1. The number of carbonyl (C=O) groups is 1. The lowest BCUT2D eigenvalue weighted by Gasteiger charge is -2.19. The first kappa shape index (κ1) is 19.5. The van der Waals surface area contributed by atoms with Crippen molar-refractivity contribution in [3.63, 3.8) is 0 Å². The molecule has 0 unspecified atom stereocenters. The molecule has 0 atom stereocenters. The highest BCUT2D eigenvalue weighted by molar-refractivity contribution is 7.92. The zero-order chi connectivity index (χ0) is 20.4. The van der Waals surface area contributed by atoms with Crippen LogP contribution in [0.5, 0.6) is 0 Å². The van der Waals surface area contributed by atoms with Crippen molar-refractivity contribution in [2.75, 3.05) is 23.1 Å². The Balaban J connectivity index is 1.36. The Labute approximate surface area is 173 Å². The standard InChI is InChI=1S/C20H19ClN4O3S/c21-20-17(24-12-4-3-7-18(24)23-20)8-9-19(26)22-11-14-29(27,28)25-13-10-15-5-1-2-6-16(15)25/h1-9,12H,10-11,13-14H2,(H,22,26)/b9-8+. The predicted octanol–water partition coefficient (Wildman–Crippen LogP) is 2.51. The first-order valence-electron chi connectivity index (χ1n) is 9.12. The van der Waals surface area contributed by atoms with Gasteiger partial charge in [0.1, 0.15) is 5.65 Å². The van der Waals surface area contributed by atoms with E-state index in [0.29, 0.717) is 24.3 Å². The molecule has 0 spiro atoms. The van der Waals surface area contributed by atoms with Crippen LogP contribution in [0.25, 0.3) is 11.7 Å². The van der Waals surface area contributed by atoms with Crippen molar-refractivity contribution in [2.45, 2.75) is 6.42 Å². The highest BCUT2D eigenvalue weighted by atomic mass is 35.5. The summed E-state index contributed by atoms with van der Waals surface area (Å²) in [7, 11) is -3.50. The van der Waals surface area contributed by atoms with Crippen molar-refractivity contribution < 1.29 is 13.2 Å². The van der Waals surface area contributed by atoms with E-state index in [1.165, 1.54) is 10.4 Å². The Kier molecular flexibility index (Phi) is 5.29. The highest BCUT2D eigenvalue weighted by Crippen LogP contribution is 2.29. The lowest BCUT2D eigenvalue weighted by atomic mass is 10.2. The number of benzene rings is 1. The lowest BCUT2D eigenvalue weighted by molar-refractivity contribution is -0.116. The van der Waals surface area contributed by atoms with Crippen LogP contribution in [0.4, 0.5) is 5.69 Å². The van der Waals surface area contributed by atoms with Gasteiger partial charge < -0.3 is 5.32 Å². The van der Waals surface area contributed by atoms with Crippen LogP contribution < -0.4 is 9.62 Å². The number of aromatic nitrogens is 2. The van der Waals surface area contributed by atoms with E-state index in [2.05, 4.69) is 10.3 Å². The summed E-state index contributed by atoms with van der Waals surface area (Å²) in [4.78, 5) is 16.3. The van der Waals surface area contributed by atoms with Crippen molar-refractivity contribution in [1.29, 1.82) is 0 Å². The molecule has 150 valence electrons. The van der Waals surface area contributed by atoms with Crippen LogP contribution in [0, 0.1) is 0 Å². The molecule has 1 amide bonds. The molecule has 1 aliphatic heterocycles. The Bertz CT molecular complexity index is 1200. The van der Waals surface area contributed by atoms with Crippen molar-refractivity contribution >= 4 is 44.9 Å². The Morgan fingerprint density at radius 1 is 1.21 bits per heavy atom. The van der Waals surface area contributed by atoms with E-state index in [-0.39, 0.29) is 17.5 Å². The monoisotopic (exact) mass is 430 g/mol. The molecule has 3 aromatic rings. The number of hydrogen-bond donors (Lipinski definition) is 1. The number of amides is 1. The van der Waals surface area contributed by atoms with Crippen molar-refractivity contribution in [2.24, 2.45) is 0 Å². The van der Waals surface area contributed by atoms with E-state index in [0.717, 1.165) is 11.3 Å². The van der Waals surface area contributed by atoms with E-state index in [9.17, 15) is 13.2 Å². The lowest BCUT2D eigenvalue weighted by Crippen LogP contribution is -2.36. The maximum atomic E-state index is 12.6. The molecule has 0 radical (unpaired) electrons. The van der Waals surface area contributed by atoms with Crippen LogP contribution in [0.3, 0.4) is 0 Å². The molecule has 7 nitrogen and oxygen atoms in total. The van der Waals surface area contributed by atoms with Crippen molar-refractivity contribution in [3.8, 4) is 0 Å². The average molecular weight is 431 g/mol. The molecule has 0 bridgehead atoms. The summed E-state index contributed by atoms with van der Waals surface area (Å²) in [5.74, 6) is -0.568. The molecule has 4 rings (SSSR count). The molecule has 1 aromatic carbocycles. The first-order valence-corrected chi connectivity index (χ1v) is 11.1. The number of nitrogens with zero attached hydrogens (tertiary/aromatic N) is 3. The number of halogens is 1. The smallest absolute Gasteiger partial charge is 0.244 e. The summed E-state index contributed by atoms with van der Waals surface area (Å²) < 4.78 is 28.5. The van der Waals surface area contributed by atoms with E-state index in [1.807, 2.05) is 36.4 Å². The molecule has 0 aliphatic carbocycles. The molecule has 2 aromatic heterocycles. The number of imidazole rings is 1. The fraction of sp³-hybridized carbons (Fsp3) is 0.200. The predicted molar refractivity (Wildman–Crippen MR) is 114 cm³/mol. The van der Waals surface area contributed by atoms with Crippen LogP contribution in [0.15, 0.2) is 54.7 Å². The molecule has 29 heavy (non-hydrogen) atoms. The Morgan fingerprint density at radius 3 is 2.86 bits per heavy atom.